The summed E-state index contributed by atoms with van der Waals surface area (Å²) < 4.78 is 6.55. The number of anilines is 3. The van der Waals surface area contributed by atoms with Crippen LogP contribution >= 0.6 is 15.9 Å². The SMILES string of the molecule is CC(C)(C)OC(=O)c1ccccc1-c1ccc2nc(N)nc(Nc3cccc(Br)c3)c2c1. The lowest BCUT2D eigenvalue weighted by Crippen LogP contribution is -2.24. The van der Waals surface area contributed by atoms with Crippen LogP contribution in [0.25, 0.3) is 22.0 Å². The highest BCUT2D eigenvalue weighted by Gasteiger charge is 2.21. The van der Waals surface area contributed by atoms with Crippen molar-refractivity contribution in [2.75, 3.05) is 11.1 Å². The first-order valence-corrected chi connectivity index (χ1v) is 10.9. The van der Waals surface area contributed by atoms with E-state index in [9.17, 15) is 4.79 Å². The molecule has 0 unspecified atom stereocenters. The van der Waals surface area contributed by atoms with Crippen LogP contribution in [0.1, 0.15) is 31.1 Å². The molecule has 4 aromatic rings. The Bertz CT molecular complexity index is 1320. The summed E-state index contributed by atoms with van der Waals surface area (Å²) in [5, 5.41) is 4.11. The zero-order chi connectivity index (χ0) is 22.9. The van der Waals surface area contributed by atoms with E-state index in [0.29, 0.717) is 16.9 Å². The van der Waals surface area contributed by atoms with Crippen molar-refractivity contribution >= 4 is 50.3 Å². The summed E-state index contributed by atoms with van der Waals surface area (Å²) in [4.78, 5) is 21.6. The van der Waals surface area contributed by atoms with E-state index >= 15 is 0 Å². The number of nitrogens with one attached hydrogen (secondary N) is 1. The number of carbonyl (C=O) groups excluding carboxylic acids is 1. The average Bonchev–Trinajstić information content (AvgIpc) is 2.72. The van der Waals surface area contributed by atoms with Gasteiger partial charge in [-0.25, -0.2) is 9.78 Å². The molecule has 0 aliphatic heterocycles. The van der Waals surface area contributed by atoms with Gasteiger partial charge in [0.25, 0.3) is 0 Å². The van der Waals surface area contributed by atoms with E-state index in [1.807, 2.05) is 81.4 Å². The van der Waals surface area contributed by atoms with Crippen molar-refractivity contribution in [3.63, 3.8) is 0 Å². The van der Waals surface area contributed by atoms with Gasteiger partial charge in [-0.05, 0) is 68.3 Å². The molecule has 32 heavy (non-hydrogen) atoms. The Morgan fingerprint density at radius 2 is 1.78 bits per heavy atom. The summed E-state index contributed by atoms with van der Waals surface area (Å²) in [6.07, 6.45) is 0. The number of fused-ring (bicyclic) bond motifs is 1. The fraction of sp³-hybridized carbons (Fsp3) is 0.160. The molecule has 0 saturated heterocycles. The molecule has 1 aromatic heterocycles. The molecule has 0 spiro atoms. The summed E-state index contributed by atoms with van der Waals surface area (Å²) in [7, 11) is 0. The summed E-state index contributed by atoms with van der Waals surface area (Å²) >= 11 is 3.48. The van der Waals surface area contributed by atoms with Gasteiger partial charge in [0.2, 0.25) is 5.95 Å². The molecular weight excluding hydrogens is 468 g/mol. The van der Waals surface area contributed by atoms with Crippen LogP contribution in [0, 0.1) is 0 Å². The number of rotatable bonds is 4. The first-order valence-electron chi connectivity index (χ1n) is 10.1. The predicted octanol–water partition coefficient (Wildman–Crippen LogP) is 6.34. The molecular formula is C25H23BrN4O2. The fourth-order valence-corrected chi connectivity index (χ4v) is 3.76. The Kier molecular flexibility index (Phi) is 5.84. The van der Waals surface area contributed by atoms with Gasteiger partial charge in [0.05, 0.1) is 11.1 Å². The van der Waals surface area contributed by atoms with Crippen molar-refractivity contribution in [2.24, 2.45) is 0 Å². The molecule has 3 aromatic carbocycles. The number of benzene rings is 3. The Morgan fingerprint density at radius 1 is 1.00 bits per heavy atom. The molecule has 0 aliphatic rings. The molecule has 3 N–H and O–H groups in total. The maximum absolute atomic E-state index is 12.8. The highest BCUT2D eigenvalue weighted by molar-refractivity contribution is 9.10. The first-order chi connectivity index (χ1) is 15.2. The van der Waals surface area contributed by atoms with Gasteiger partial charge >= 0.3 is 5.97 Å². The van der Waals surface area contributed by atoms with Crippen LogP contribution in [0.4, 0.5) is 17.5 Å². The third kappa shape index (κ3) is 4.89. The van der Waals surface area contributed by atoms with Crippen molar-refractivity contribution in [1.82, 2.24) is 9.97 Å². The number of nitrogens with zero attached hydrogens (tertiary/aromatic N) is 2. The zero-order valence-electron chi connectivity index (χ0n) is 18.0. The third-order valence-corrected chi connectivity index (χ3v) is 5.15. The molecule has 4 rings (SSSR count). The van der Waals surface area contributed by atoms with E-state index in [-0.39, 0.29) is 11.9 Å². The number of aromatic nitrogens is 2. The number of nitrogen functional groups attached to an aromatic ring is 1. The molecule has 0 amide bonds. The molecule has 0 atom stereocenters. The van der Waals surface area contributed by atoms with Gasteiger partial charge in [0.1, 0.15) is 11.4 Å². The number of ether oxygens (including phenoxy) is 1. The quantitative estimate of drug-likeness (QED) is 0.324. The van der Waals surface area contributed by atoms with Gasteiger partial charge in [-0.3, -0.25) is 0 Å². The van der Waals surface area contributed by atoms with E-state index in [0.717, 1.165) is 26.7 Å². The molecule has 0 saturated carbocycles. The summed E-state index contributed by atoms with van der Waals surface area (Å²) in [6, 6.07) is 20.9. The molecule has 0 radical (unpaired) electrons. The van der Waals surface area contributed by atoms with E-state index in [2.05, 4.69) is 31.2 Å². The van der Waals surface area contributed by atoms with Crippen LogP contribution in [0.2, 0.25) is 0 Å². The molecule has 0 fully saturated rings. The van der Waals surface area contributed by atoms with Crippen LogP contribution < -0.4 is 11.1 Å². The molecule has 7 heteroatoms. The number of carbonyl (C=O) groups is 1. The molecule has 162 valence electrons. The van der Waals surface area contributed by atoms with Crippen molar-refractivity contribution in [2.45, 2.75) is 26.4 Å². The average molecular weight is 491 g/mol. The van der Waals surface area contributed by atoms with Gasteiger partial charge < -0.3 is 15.8 Å². The predicted molar refractivity (Wildman–Crippen MR) is 132 cm³/mol. The number of nitrogens with two attached hydrogens (primary N) is 1. The second kappa shape index (κ2) is 8.59. The van der Waals surface area contributed by atoms with E-state index in [4.69, 9.17) is 10.5 Å². The second-order valence-electron chi connectivity index (χ2n) is 8.35. The topological polar surface area (TPSA) is 90.1 Å². The van der Waals surface area contributed by atoms with Crippen molar-refractivity contribution in [3.8, 4) is 11.1 Å². The van der Waals surface area contributed by atoms with Gasteiger partial charge in [0.15, 0.2) is 0 Å². The zero-order valence-corrected chi connectivity index (χ0v) is 19.6. The minimum atomic E-state index is -0.583. The minimum absolute atomic E-state index is 0.178. The second-order valence-corrected chi connectivity index (χ2v) is 9.26. The van der Waals surface area contributed by atoms with Crippen molar-refractivity contribution < 1.29 is 9.53 Å². The molecule has 0 aliphatic carbocycles. The van der Waals surface area contributed by atoms with E-state index < -0.39 is 5.60 Å². The van der Waals surface area contributed by atoms with Gasteiger partial charge in [0, 0.05) is 15.5 Å². The Balaban J connectivity index is 1.81. The Labute approximate surface area is 195 Å². The normalized spacial score (nSPS) is 11.4. The van der Waals surface area contributed by atoms with Gasteiger partial charge in [-0.15, -0.1) is 0 Å². The summed E-state index contributed by atoms with van der Waals surface area (Å²) in [5.41, 5.74) is 9.05. The maximum atomic E-state index is 12.8. The van der Waals surface area contributed by atoms with Gasteiger partial charge in [-0.1, -0.05) is 46.3 Å². The van der Waals surface area contributed by atoms with Crippen LogP contribution in [0.3, 0.4) is 0 Å². The van der Waals surface area contributed by atoms with E-state index in [1.165, 1.54) is 0 Å². The maximum Gasteiger partial charge on any atom is 0.339 e. The number of esters is 1. The fourth-order valence-electron chi connectivity index (χ4n) is 3.36. The highest BCUT2D eigenvalue weighted by Crippen LogP contribution is 2.32. The summed E-state index contributed by atoms with van der Waals surface area (Å²) in [5.74, 6) is 0.397. The monoisotopic (exact) mass is 490 g/mol. The Hall–Kier alpha value is -3.45. The number of hydrogen-bond acceptors (Lipinski definition) is 6. The molecule has 1 heterocycles. The number of halogens is 1. The van der Waals surface area contributed by atoms with Crippen molar-refractivity contribution in [1.29, 1.82) is 0 Å². The van der Waals surface area contributed by atoms with Crippen LogP contribution in [-0.2, 0) is 4.74 Å². The lowest BCUT2D eigenvalue weighted by Gasteiger charge is -2.20. The van der Waals surface area contributed by atoms with Crippen LogP contribution in [0.5, 0.6) is 0 Å². The van der Waals surface area contributed by atoms with Crippen molar-refractivity contribution in [3.05, 3.63) is 76.8 Å². The summed E-state index contributed by atoms with van der Waals surface area (Å²) in [6.45, 7) is 5.56. The van der Waals surface area contributed by atoms with Crippen LogP contribution in [0.15, 0.2) is 71.2 Å². The standard InChI is InChI=1S/C25H23BrN4O2/c1-25(2,3)32-23(31)19-10-5-4-9-18(19)15-11-12-21-20(13-15)22(30-24(27)29-21)28-17-8-6-7-16(26)14-17/h4-14H,1-3H3,(H3,27,28,29,30). The van der Waals surface area contributed by atoms with E-state index in [1.54, 1.807) is 6.07 Å². The lowest BCUT2D eigenvalue weighted by molar-refractivity contribution is 0.00704. The third-order valence-electron chi connectivity index (χ3n) is 4.66. The van der Waals surface area contributed by atoms with Gasteiger partial charge in [-0.2, -0.15) is 4.98 Å². The molecule has 6 nitrogen and oxygen atoms in total. The smallest absolute Gasteiger partial charge is 0.339 e. The van der Waals surface area contributed by atoms with Crippen LogP contribution in [-0.4, -0.2) is 21.5 Å². The minimum Gasteiger partial charge on any atom is -0.456 e. The first kappa shape index (κ1) is 21.8. The molecule has 0 bridgehead atoms. The lowest BCUT2D eigenvalue weighted by atomic mass is 9.98. The Morgan fingerprint density at radius 3 is 2.53 bits per heavy atom. The largest absolute Gasteiger partial charge is 0.456 e. The highest BCUT2D eigenvalue weighted by atomic mass is 79.9. The number of hydrogen-bond donors (Lipinski definition) is 2.